The van der Waals surface area contributed by atoms with Crippen molar-refractivity contribution < 1.29 is 8.42 Å². The summed E-state index contributed by atoms with van der Waals surface area (Å²) in [5.41, 5.74) is 8.53. The molecule has 0 saturated carbocycles. The summed E-state index contributed by atoms with van der Waals surface area (Å²) in [5, 5.41) is 0. The summed E-state index contributed by atoms with van der Waals surface area (Å²) in [6.45, 7) is 1.45. The number of nitrogen functional groups attached to an aromatic ring is 1. The van der Waals surface area contributed by atoms with Gasteiger partial charge in [0.05, 0.1) is 11.1 Å². The number of fused-ring (bicyclic) bond motifs is 1. The molecule has 1 aliphatic heterocycles. The van der Waals surface area contributed by atoms with E-state index in [2.05, 4.69) is 22.1 Å². The highest BCUT2D eigenvalue weighted by Gasteiger charge is 2.24. The molecule has 0 amide bonds. The molecular formula is C19H18N4O2S. The van der Waals surface area contributed by atoms with Gasteiger partial charge in [-0.15, -0.1) is 0 Å². The third-order valence-corrected chi connectivity index (χ3v) is 6.31. The number of benzene rings is 2. The van der Waals surface area contributed by atoms with E-state index >= 15 is 0 Å². The Morgan fingerprint density at radius 2 is 1.65 bits per heavy atom. The number of hydrogen-bond acceptors (Lipinski definition) is 6. The molecule has 0 radical (unpaired) electrons. The molecule has 0 aliphatic carbocycles. The van der Waals surface area contributed by atoms with E-state index in [-0.39, 0.29) is 15.6 Å². The molecule has 1 aliphatic rings. The van der Waals surface area contributed by atoms with Crippen LogP contribution in [-0.4, -0.2) is 24.9 Å². The van der Waals surface area contributed by atoms with Crippen LogP contribution in [0, 0.1) is 0 Å². The number of aromatic nitrogens is 2. The first kappa shape index (κ1) is 16.5. The van der Waals surface area contributed by atoms with E-state index in [9.17, 15) is 8.42 Å². The van der Waals surface area contributed by atoms with Crippen LogP contribution in [0.1, 0.15) is 11.1 Å². The van der Waals surface area contributed by atoms with Crippen LogP contribution in [0.3, 0.4) is 0 Å². The minimum Gasteiger partial charge on any atom is -0.382 e. The van der Waals surface area contributed by atoms with E-state index in [1.807, 2.05) is 17.0 Å². The number of sulfone groups is 1. The smallest absolute Gasteiger partial charge is 0.227 e. The highest BCUT2D eigenvalue weighted by Crippen LogP contribution is 2.27. The second-order valence-electron chi connectivity index (χ2n) is 6.18. The van der Waals surface area contributed by atoms with Crippen molar-refractivity contribution in [2.75, 3.05) is 17.2 Å². The molecule has 6 nitrogen and oxygen atoms in total. The summed E-state index contributed by atoms with van der Waals surface area (Å²) in [7, 11) is -3.73. The van der Waals surface area contributed by atoms with Crippen molar-refractivity contribution in [1.82, 2.24) is 9.97 Å². The number of rotatable bonds is 3. The second kappa shape index (κ2) is 6.42. The van der Waals surface area contributed by atoms with Gasteiger partial charge >= 0.3 is 0 Å². The van der Waals surface area contributed by atoms with Crippen LogP contribution in [-0.2, 0) is 22.8 Å². The van der Waals surface area contributed by atoms with Crippen molar-refractivity contribution >= 4 is 21.6 Å². The SMILES string of the molecule is Nc1nc(N2CCc3ccccc3C2)ncc1S(=O)(=O)c1ccccc1. The Bertz CT molecular complexity index is 1050. The Labute approximate surface area is 152 Å². The molecular weight excluding hydrogens is 348 g/mol. The largest absolute Gasteiger partial charge is 0.382 e. The van der Waals surface area contributed by atoms with Crippen LogP contribution < -0.4 is 10.6 Å². The lowest BCUT2D eigenvalue weighted by Gasteiger charge is -2.29. The van der Waals surface area contributed by atoms with Gasteiger partial charge < -0.3 is 10.6 Å². The fourth-order valence-electron chi connectivity index (χ4n) is 3.13. The Balaban J connectivity index is 1.65. The fraction of sp³-hybridized carbons (Fsp3) is 0.158. The van der Waals surface area contributed by atoms with E-state index in [1.54, 1.807) is 18.2 Å². The molecule has 0 unspecified atom stereocenters. The molecule has 2 aromatic carbocycles. The molecule has 2 N–H and O–H groups in total. The van der Waals surface area contributed by atoms with Gasteiger partial charge in [-0.25, -0.2) is 13.4 Å². The molecule has 3 aromatic rings. The monoisotopic (exact) mass is 366 g/mol. The van der Waals surface area contributed by atoms with Crippen LogP contribution in [0.4, 0.5) is 11.8 Å². The number of hydrogen-bond donors (Lipinski definition) is 1. The van der Waals surface area contributed by atoms with Crippen molar-refractivity contribution in [2.24, 2.45) is 0 Å². The molecule has 0 atom stereocenters. The zero-order valence-corrected chi connectivity index (χ0v) is 14.9. The first-order valence-corrected chi connectivity index (χ1v) is 9.78. The highest BCUT2D eigenvalue weighted by atomic mass is 32.2. The van der Waals surface area contributed by atoms with Crippen LogP contribution in [0.15, 0.2) is 70.6 Å². The van der Waals surface area contributed by atoms with Crippen molar-refractivity contribution in [3.63, 3.8) is 0 Å². The summed E-state index contributed by atoms with van der Waals surface area (Å²) < 4.78 is 25.5. The second-order valence-corrected chi connectivity index (χ2v) is 8.09. The van der Waals surface area contributed by atoms with Crippen LogP contribution in [0.25, 0.3) is 0 Å². The maximum Gasteiger partial charge on any atom is 0.227 e. The van der Waals surface area contributed by atoms with Gasteiger partial charge in [-0.1, -0.05) is 42.5 Å². The van der Waals surface area contributed by atoms with E-state index in [0.717, 1.165) is 13.0 Å². The van der Waals surface area contributed by atoms with Gasteiger partial charge in [-0.2, -0.15) is 4.98 Å². The van der Waals surface area contributed by atoms with Crippen molar-refractivity contribution in [3.8, 4) is 0 Å². The average Bonchev–Trinajstić information content (AvgIpc) is 2.68. The summed E-state index contributed by atoms with van der Waals surface area (Å²) in [6, 6.07) is 16.4. The van der Waals surface area contributed by atoms with Crippen LogP contribution in [0.2, 0.25) is 0 Å². The lowest BCUT2D eigenvalue weighted by molar-refractivity contribution is 0.595. The maximum absolute atomic E-state index is 12.7. The van der Waals surface area contributed by atoms with Crippen LogP contribution in [0.5, 0.6) is 0 Å². The summed E-state index contributed by atoms with van der Waals surface area (Å²) in [6.07, 6.45) is 2.20. The Hall–Kier alpha value is -2.93. The average molecular weight is 366 g/mol. The number of nitrogens with zero attached hydrogens (tertiary/aromatic N) is 3. The summed E-state index contributed by atoms with van der Waals surface area (Å²) in [4.78, 5) is 10.7. The minimum atomic E-state index is -3.73. The number of nitrogens with two attached hydrogens (primary N) is 1. The van der Waals surface area contributed by atoms with E-state index in [0.29, 0.717) is 12.5 Å². The number of anilines is 2. The van der Waals surface area contributed by atoms with Gasteiger partial charge in [-0.05, 0) is 29.7 Å². The Kier molecular flexibility index (Phi) is 4.08. The maximum atomic E-state index is 12.7. The molecule has 0 fully saturated rings. The zero-order valence-electron chi connectivity index (χ0n) is 14.0. The van der Waals surface area contributed by atoms with E-state index in [1.165, 1.54) is 29.5 Å². The molecule has 132 valence electrons. The minimum absolute atomic E-state index is 0.0299. The topological polar surface area (TPSA) is 89.2 Å². The van der Waals surface area contributed by atoms with E-state index in [4.69, 9.17) is 5.73 Å². The molecule has 0 spiro atoms. The molecule has 26 heavy (non-hydrogen) atoms. The van der Waals surface area contributed by atoms with E-state index < -0.39 is 9.84 Å². The fourth-order valence-corrected chi connectivity index (χ4v) is 4.41. The molecule has 4 rings (SSSR count). The predicted molar refractivity (Wildman–Crippen MR) is 99.5 cm³/mol. The van der Waals surface area contributed by atoms with Crippen molar-refractivity contribution in [1.29, 1.82) is 0 Å². The summed E-state index contributed by atoms with van der Waals surface area (Å²) in [5.74, 6) is 0.418. The zero-order chi connectivity index (χ0) is 18.1. The standard InChI is InChI=1S/C19H18N4O2S/c20-18-17(26(24,25)16-8-2-1-3-9-16)12-21-19(22-18)23-11-10-14-6-4-5-7-15(14)13-23/h1-9,12H,10-11,13H2,(H2,20,21,22). The molecule has 7 heteroatoms. The van der Waals surface area contributed by atoms with Gasteiger partial charge in [-0.3, -0.25) is 0 Å². The van der Waals surface area contributed by atoms with Gasteiger partial charge in [0, 0.05) is 13.1 Å². The van der Waals surface area contributed by atoms with Crippen molar-refractivity contribution in [3.05, 3.63) is 71.9 Å². The van der Waals surface area contributed by atoms with Gasteiger partial charge in [0.1, 0.15) is 10.7 Å². The molecule has 0 bridgehead atoms. The highest BCUT2D eigenvalue weighted by molar-refractivity contribution is 7.91. The Morgan fingerprint density at radius 3 is 2.38 bits per heavy atom. The molecule has 0 saturated heterocycles. The van der Waals surface area contributed by atoms with Crippen LogP contribution >= 0.6 is 0 Å². The summed E-state index contributed by atoms with van der Waals surface area (Å²) >= 11 is 0. The molecule has 2 heterocycles. The van der Waals surface area contributed by atoms with Crippen molar-refractivity contribution in [2.45, 2.75) is 22.8 Å². The lowest BCUT2D eigenvalue weighted by Crippen LogP contribution is -2.32. The lowest BCUT2D eigenvalue weighted by atomic mass is 10.0. The Morgan fingerprint density at radius 1 is 0.962 bits per heavy atom. The normalized spacial score (nSPS) is 14.1. The quantitative estimate of drug-likeness (QED) is 0.766. The first-order valence-electron chi connectivity index (χ1n) is 8.30. The van der Waals surface area contributed by atoms with Gasteiger partial charge in [0.2, 0.25) is 15.8 Å². The predicted octanol–water partition coefficient (Wildman–Crippen LogP) is 2.45. The third-order valence-electron chi connectivity index (χ3n) is 4.53. The third kappa shape index (κ3) is 2.90. The van der Waals surface area contributed by atoms with Gasteiger partial charge in [0.15, 0.2) is 0 Å². The molecule has 1 aromatic heterocycles. The van der Waals surface area contributed by atoms with Gasteiger partial charge in [0.25, 0.3) is 0 Å². The first-order chi connectivity index (χ1) is 12.6.